The minimum atomic E-state index is -0.280. The molecule has 2 rings (SSSR count). The van der Waals surface area contributed by atoms with Crippen LogP contribution in [0.1, 0.15) is 18.5 Å². The van der Waals surface area contributed by atoms with Crippen LogP contribution >= 0.6 is 0 Å². The van der Waals surface area contributed by atoms with Crippen LogP contribution in [0.5, 0.6) is 0 Å². The van der Waals surface area contributed by atoms with Crippen molar-refractivity contribution < 1.29 is 9.18 Å². The van der Waals surface area contributed by atoms with Gasteiger partial charge in [-0.1, -0.05) is 30.3 Å². The fourth-order valence-corrected chi connectivity index (χ4v) is 1.87. The van der Waals surface area contributed by atoms with Crippen molar-refractivity contribution in [2.75, 3.05) is 11.9 Å². The lowest BCUT2D eigenvalue weighted by Crippen LogP contribution is -2.32. The molecule has 2 aromatic rings. The van der Waals surface area contributed by atoms with Crippen molar-refractivity contribution in [2.24, 2.45) is 0 Å². The summed E-state index contributed by atoms with van der Waals surface area (Å²) in [5.41, 5.74) is 1.77. The van der Waals surface area contributed by atoms with Gasteiger partial charge in [0.1, 0.15) is 5.82 Å². The van der Waals surface area contributed by atoms with Crippen molar-refractivity contribution in [2.45, 2.75) is 13.0 Å². The summed E-state index contributed by atoms with van der Waals surface area (Å²) < 4.78 is 12.8. The van der Waals surface area contributed by atoms with Gasteiger partial charge in [0.05, 0.1) is 12.6 Å². The highest BCUT2D eigenvalue weighted by Gasteiger charge is 2.09. The van der Waals surface area contributed by atoms with Gasteiger partial charge in [-0.25, -0.2) is 4.39 Å². The summed E-state index contributed by atoms with van der Waals surface area (Å²) >= 11 is 0. The van der Waals surface area contributed by atoms with E-state index in [4.69, 9.17) is 0 Å². The minimum Gasteiger partial charge on any atom is -0.376 e. The molecule has 0 bridgehead atoms. The predicted molar refractivity (Wildman–Crippen MR) is 77.9 cm³/mol. The molecule has 0 saturated heterocycles. The normalized spacial score (nSPS) is 11.7. The van der Waals surface area contributed by atoms with Crippen LogP contribution < -0.4 is 10.6 Å². The van der Waals surface area contributed by atoms with Gasteiger partial charge in [-0.3, -0.25) is 4.79 Å². The Morgan fingerprint density at radius 2 is 1.75 bits per heavy atom. The fourth-order valence-electron chi connectivity index (χ4n) is 1.87. The van der Waals surface area contributed by atoms with Crippen molar-refractivity contribution in [3.8, 4) is 0 Å². The number of benzene rings is 2. The monoisotopic (exact) mass is 272 g/mol. The maximum atomic E-state index is 12.8. The molecule has 1 atom stereocenters. The van der Waals surface area contributed by atoms with Crippen molar-refractivity contribution in [1.29, 1.82) is 0 Å². The second-order valence-corrected chi connectivity index (χ2v) is 4.56. The Hall–Kier alpha value is -2.36. The Morgan fingerprint density at radius 1 is 1.10 bits per heavy atom. The minimum absolute atomic E-state index is 0.106. The highest BCUT2D eigenvalue weighted by molar-refractivity contribution is 5.81. The first kappa shape index (κ1) is 14.1. The van der Waals surface area contributed by atoms with Gasteiger partial charge in [-0.2, -0.15) is 0 Å². The van der Waals surface area contributed by atoms with Crippen molar-refractivity contribution in [3.63, 3.8) is 0 Å². The van der Waals surface area contributed by atoms with Crippen LogP contribution in [0.2, 0.25) is 0 Å². The van der Waals surface area contributed by atoms with Crippen LogP contribution in [0.15, 0.2) is 54.6 Å². The SMILES string of the molecule is C[C@H](NC(=O)CNc1ccccc1)c1ccc(F)cc1. The molecule has 0 unspecified atom stereocenters. The molecule has 2 aromatic carbocycles. The lowest BCUT2D eigenvalue weighted by Gasteiger charge is -2.15. The molecule has 2 N–H and O–H groups in total. The van der Waals surface area contributed by atoms with E-state index < -0.39 is 0 Å². The van der Waals surface area contributed by atoms with Crippen LogP contribution in [0.25, 0.3) is 0 Å². The number of carbonyl (C=O) groups is 1. The largest absolute Gasteiger partial charge is 0.376 e. The first-order valence-electron chi connectivity index (χ1n) is 6.49. The molecule has 0 radical (unpaired) electrons. The van der Waals surface area contributed by atoms with E-state index in [0.717, 1.165) is 11.3 Å². The van der Waals surface area contributed by atoms with E-state index in [2.05, 4.69) is 10.6 Å². The zero-order valence-corrected chi connectivity index (χ0v) is 11.3. The van der Waals surface area contributed by atoms with Gasteiger partial charge >= 0.3 is 0 Å². The van der Waals surface area contributed by atoms with Gasteiger partial charge < -0.3 is 10.6 Å². The molecule has 0 aromatic heterocycles. The molecular formula is C16H17FN2O. The molecule has 0 spiro atoms. The van der Waals surface area contributed by atoms with Gasteiger partial charge in [0.15, 0.2) is 0 Å². The highest BCUT2D eigenvalue weighted by Crippen LogP contribution is 2.12. The van der Waals surface area contributed by atoms with E-state index in [9.17, 15) is 9.18 Å². The summed E-state index contributed by atoms with van der Waals surface area (Å²) in [6.45, 7) is 2.07. The van der Waals surface area contributed by atoms with Crippen molar-refractivity contribution in [3.05, 3.63) is 66.0 Å². The van der Waals surface area contributed by atoms with Crippen molar-refractivity contribution in [1.82, 2.24) is 5.32 Å². The summed E-state index contributed by atoms with van der Waals surface area (Å²) in [7, 11) is 0. The number of anilines is 1. The molecule has 1 amide bonds. The summed E-state index contributed by atoms with van der Waals surface area (Å²) in [5, 5.41) is 5.90. The third-order valence-electron chi connectivity index (χ3n) is 2.97. The Labute approximate surface area is 117 Å². The summed E-state index contributed by atoms with van der Waals surface area (Å²) in [6, 6.07) is 15.5. The van der Waals surface area contributed by atoms with Crippen molar-refractivity contribution >= 4 is 11.6 Å². The molecule has 0 heterocycles. The molecule has 0 fully saturated rings. The second-order valence-electron chi connectivity index (χ2n) is 4.56. The molecule has 4 heteroatoms. The lowest BCUT2D eigenvalue weighted by atomic mass is 10.1. The Bertz CT molecular complexity index is 554. The molecule has 3 nitrogen and oxygen atoms in total. The van der Waals surface area contributed by atoms with Gasteiger partial charge in [0.2, 0.25) is 5.91 Å². The van der Waals surface area contributed by atoms with Crippen LogP contribution in [-0.2, 0) is 4.79 Å². The van der Waals surface area contributed by atoms with E-state index in [1.807, 2.05) is 37.3 Å². The third-order valence-corrected chi connectivity index (χ3v) is 2.97. The van der Waals surface area contributed by atoms with E-state index in [0.29, 0.717) is 0 Å². The Kier molecular flexibility index (Phi) is 4.71. The number of amides is 1. The maximum absolute atomic E-state index is 12.8. The average molecular weight is 272 g/mol. The maximum Gasteiger partial charge on any atom is 0.239 e. The standard InChI is InChI=1S/C16H17FN2O/c1-12(13-7-9-14(17)10-8-13)19-16(20)11-18-15-5-3-2-4-6-15/h2-10,12,18H,11H2,1H3,(H,19,20)/t12-/m0/s1. The first-order chi connectivity index (χ1) is 9.65. The molecular weight excluding hydrogens is 255 g/mol. The van der Waals surface area contributed by atoms with Gasteiger partial charge in [-0.05, 0) is 36.8 Å². The summed E-state index contributed by atoms with van der Waals surface area (Å²) in [6.07, 6.45) is 0. The summed E-state index contributed by atoms with van der Waals surface area (Å²) in [5.74, 6) is -0.385. The lowest BCUT2D eigenvalue weighted by molar-refractivity contribution is -0.120. The molecule has 0 saturated carbocycles. The molecule has 0 aliphatic heterocycles. The van der Waals surface area contributed by atoms with Crippen LogP contribution in [0, 0.1) is 5.82 Å². The number of halogens is 1. The van der Waals surface area contributed by atoms with Gasteiger partial charge in [0.25, 0.3) is 0 Å². The molecule has 20 heavy (non-hydrogen) atoms. The van der Waals surface area contributed by atoms with Crippen LogP contribution in [0.3, 0.4) is 0 Å². The Balaban J connectivity index is 1.83. The quantitative estimate of drug-likeness (QED) is 0.878. The van der Waals surface area contributed by atoms with Gasteiger partial charge in [-0.15, -0.1) is 0 Å². The number of para-hydroxylation sites is 1. The molecule has 0 aliphatic rings. The highest BCUT2D eigenvalue weighted by atomic mass is 19.1. The number of nitrogens with one attached hydrogen (secondary N) is 2. The van der Waals surface area contributed by atoms with E-state index >= 15 is 0 Å². The van der Waals surface area contributed by atoms with Gasteiger partial charge in [0, 0.05) is 5.69 Å². The molecule has 104 valence electrons. The van der Waals surface area contributed by atoms with E-state index in [-0.39, 0.29) is 24.3 Å². The zero-order chi connectivity index (χ0) is 14.4. The number of rotatable bonds is 5. The fraction of sp³-hybridized carbons (Fsp3) is 0.188. The Morgan fingerprint density at radius 3 is 2.40 bits per heavy atom. The third kappa shape index (κ3) is 4.09. The van der Waals surface area contributed by atoms with Crippen LogP contribution in [-0.4, -0.2) is 12.5 Å². The van der Waals surface area contributed by atoms with E-state index in [1.165, 1.54) is 12.1 Å². The smallest absolute Gasteiger partial charge is 0.239 e. The van der Waals surface area contributed by atoms with E-state index in [1.54, 1.807) is 12.1 Å². The second kappa shape index (κ2) is 6.70. The predicted octanol–water partition coefficient (Wildman–Crippen LogP) is 3.12. The van der Waals surface area contributed by atoms with Crippen LogP contribution in [0.4, 0.5) is 10.1 Å². The molecule has 0 aliphatic carbocycles. The number of hydrogen-bond acceptors (Lipinski definition) is 2. The zero-order valence-electron chi connectivity index (χ0n) is 11.3. The number of carbonyl (C=O) groups excluding carboxylic acids is 1. The topological polar surface area (TPSA) is 41.1 Å². The summed E-state index contributed by atoms with van der Waals surface area (Å²) in [4.78, 5) is 11.8. The first-order valence-corrected chi connectivity index (χ1v) is 6.49. The average Bonchev–Trinajstić information content (AvgIpc) is 2.47. The number of hydrogen-bond donors (Lipinski definition) is 2.